The van der Waals surface area contributed by atoms with Crippen LogP contribution in [0.3, 0.4) is 0 Å². The molecule has 1 aromatic rings. The second-order valence-electron chi connectivity index (χ2n) is 6.91. The molecule has 2 aliphatic heterocycles. The molecule has 3 aliphatic rings. The van der Waals surface area contributed by atoms with Crippen LogP contribution in [0.15, 0.2) is 23.3 Å². The van der Waals surface area contributed by atoms with Crippen LogP contribution in [0.1, 0.15) is 44.2 Å². The largest absolute Gasteiger partial charge is 0.325 e. The lowest BCUT2D eigenvalue weighted by atomic mass is 9.73. The van der Waals surface area contributed by atoms with Crippen molar-refractivity contribution in [2.45, 2.75) is 39.5 Å². The minimum Gasteiger partial charge on any atom is -0.325 e. The molecule has 1 saturated carbocycles. The predicted octanol–water partition coefficient (Wildman–Crippen LogP) is 2.46. The van der Waals surface area contributed by atoms with Gasteiger partial charge in [-0.15, -0.1) is 0 Å². The number of hydrogen-bond donors (Lipinski definition) is 2. The monoisotopic (exact) mass is 311 g/mol. The average Bonchev–Trinajstić information content (AvgIpc) is 3.36. The fraction of sp³-hybridized carbons (Fsp3) is 0.500. The van der Waals surface area contributed by atoms with Crippen molar-refractivity contribution in [2.75, 3.05) is 5.32 Å². The molecule has 5 nitrogen and oxygen atoms in total. The van der Waals surface area contributed by atoms with E-state index in [1.54, 1.807) is 0 Å². The maximum Gasteiger partial charge on any atom is 0.243 e. The molecule has 0 bridgehead atoms. The number of anilines is 1. The number of hydrazone groups is 1. The first-order valence-corrected chi connectivity index (χ1v) is 8.40. The van der Waals surface area contributed by atoms with Gasteiger partial charge >= 0.3 is 0 Å². The van der Waals surface area contributed by atoms with E-state index in [2.05, 4.69) is 35.8 Å². The van der Waals surface area contributed by atoms with E-state index in [-0.39, 0.29) is 29.1 Å². The van der Waals surface area contributed by atoms with Crippen molar-refractivity contribution >= 4 is 23.2 Å². The van der Waals surface area contributed by atoms with Crippen molar-refractivity contribution in [1.29, 1.82) is 0 Å². The highest BCUT2D eigenvalue weighted by molar-refractivity contribution is 6.10. The van der Waals surface area contributed by atoms with Gasteiger partial charge in [0.25, 0.3) is 0 Å². The molecule has 120 valence electrons. The Morgan fingerprint density at radius 3 is 2.74 bits per heavy atom. The summed E-state index contributed by atoms with van der Waals surface area (Å²) in [5.74, 6) is 0.540. The Bertz CT molecular complexity index is 734. The van der Waals surface area contributed by atoms with E-state index in [4.69, 9.17) is 0 Å². The van der Waals surface area contributed by atoms with Crippen LogP contribution < -0.4 is 10.7 Å². The van der Waals surface area contributed by atoms with Crippen molar-refractivity contribution in [2.24, 2.45) is 22.4 Å². The lowest BCUT2D eigenvalue weighted by molar-refractivity contribution is -0.126. The van der Waals surface area contributed by atoms with Gasteiger partial charge in [0.2, 0.25) is 11.8 Å². The Labute approximate surface area is 135 Å². The van der Waals surface area contributed by atoms with Crippen LogP contribution in [0.2, 0.25) is 0 Å². The Morgan fingerprint density at radius 1 is 1.22 bits per heavy atom. The SMILES string of the molecule is CCC1(CC)Cc2cc(C3=NNC(=O)C4CC34)ccc2NC1=O. The summed E-state index contributed by atoms with van der Waals surface area (Å²) in [7, 11) is 0. The lowest BCUT2D eigenvalue weighted by Gasteiger charge is -2.35. The summed E-state index contributed by atoms with van der Waals surface area (Å²) < 4.78 is 0. The van der Waals surface area contributed by atoms with Gasteiger partial charge in [0.05, 0.1) is 11.1 Å². The molecule has 1 aromatic carbocycles. The molecule has 2 heterocycles. The number of nitrogens with zero attached hydrogens (tertiary/aromatic N) is 1. The summed E-state index contributed by atoms with van der Waals surface area (Å²) in [5, 5.41) is 7.34. The standard InChI is InChI=1S/C18H21N3O2/c1-3-18(4-2)9-11-7-10(5-6-14(11)19-17(18)23)15-12-8-13(12)16(22)21-20-15/h5-7,12-13H,3-4,8-9H2,1-2H3,(H,19,23)(H,21,22). The van der Waals surface area contributed by atoms with E-state index in [0.29, 0.717) is 0 Å². The number of hydrogen-bond acceptors (Lipinski definition) is 3. The van der Waals surface area contributed by atoms with Gasteiger partial charge in [-0.2, -0.15) is 5.10 Å². The molecule has 2 amide bonds. The normalized spacial score (nSPS) is 27.3. The summed E-state index contributed by atoms with van der Waals surface area (Å²) in [6, 6.07) is 6.10. The van der Waals surface area contributed by atoms with Crippen molar-refractivity contribution < 1.29 is 9.59 Å². The molecule has 4 rings (SSSR count). The van der Waals surface area contributed by atoms with Gasteiger partial charge in [-0.1, -0.05) is 19.9 Å². The Morgan fingerprint density at radius 2 is 2.00 bits per heavy atom. The van der Waals surface area contributed by atoms with E-state index < -0.39 is 0 Å². The number of carbonyl (C=O) groups excluding carboxylic acids is 2. The van der Waals surface area contributed by atoms with E-state index >= 15 is 0 Å². The molecule has 2 N–H and O–H groups in total. The third-order valence-corrected chi connectivity index (χ3v) is 5.78. The zero-order chi connectivity index (χ0) is 16.2. The first kappa shape index (κ1) is 14.4. The highest BCUT2D eigenvalue weighted by Crippen LogP contribution is 2.44. The molecular weight excluding hydrogens is 290 g/mol. The van der Waals surface area contributed by atoms with Gasteiger partial charge in [-0.05, 0) is 48.9 Å². The van der Waals surface area contributed by atoms with Crippen molar-refractivity contribution in [3.05, 3.63) is 29.3 Å². The number of carbonyl (C=O) groups is 2. The second kappa shape index (κ2) is 4.91. The average molecular weight is 311 g/mol. The Kier molecular flexibility index (Phi) is 3.08. The molecule has 1 aliphatic carbocycles. The molecule has 0 saturated heterocycles. The van der Waals surface area contributed by atoms with E-state index in [0.717, 1.165) is 42.6 Å². The molecule has 2 unspecified atom stereocenters. The summed E-state index contributed by atoms with van der Waals surface area (Å²) in [4.78, 5) is 24.0. The highest BCUT2D eigenvalue weighted by atomic mass is 16.2. The summed E-state index contributed by atoms with van der Waals surface area (Å²) in [6.45, 7) is 4.15. The zero-order valence-electron chi connectivity index (χ0n) is 13.5. The first-order chi connectivity index (χ1) is 11.1. The lowest BCUT2D eigenvalue weighted by Crippen LogP contribution is -2.41. The molecule has 2 atom stereocenters. The summed E-state index contributed by atoms with van der Waals surface area (Å²) >= 11 is 0. The van der Waals surface area contributed by atoms with E-state index in [1.807, 2.05) is 12.1 Å². The molecular formula is C18H21N3O2. The Hall–Kier alpha value is -2.17. The van der Waals surface area contributed by atoms with E-state index in [9.17, 15) is 9.59 Å². The maximum atomic E-state index is 12.4. The minimum atomic E-state index is -0.309. The van der Waals surface area contributed by atoms with Gasteiger partial charge in [0, 0.05) is 17.5 Å². The summed E-state index contributed by atoms with van der Waals surface area (Å²) in [5.41, 5.74) is 6.44. The molecule has 0 spiro atoms. The first-order valence-electron chi connectivity index (χ1n) is 8.40. The third-order valence-electron chi connectivity index (χ3n) is 5.78. The quantitative estimate of drug-likeness (QED) is 0.900. The number of benzene rings is 1. The number of fused-ring (bicyclic) bond motifs is 2. The topological polar surface area (TPSA) is 70.6 Å². The zero-order valence-corrected chi connectivity index (χ0v) is 13.5. The molecule has 0 aromatic heterocycles. The fourth-order valence-corrected chi connectivity index (χ4v) is 3.89. The smallest absolute Gasteiger partial charge is 0.243 e. The van der Waals surface area contributed by atoms with Crippen molar-refractivity contribution in [1.82, 2.24) is 5.43 Å². The predicted molar refractivity (Wildman–Crippen MR) is 88.1 cm³/mol. The number of rotatable bonds is 3. The molecule has 5 heteroatoms. The van der Waals surface area contributed by atoms with Crippen LogP contribution in [0.25, 0.3) is 0 Å². The van der Waals surface area contributed by atoms with Crippen LogP contribution >= 0.6 is 0 Å². The minimum absolute atomic E-state index is 0.0416. The van der Waals surface area contributed by atoms with Gasteiger partial charge in [-0.3, -0.25) is 9.59 Å². The second-order valence-corrected chi connectivity index (χ2v) is 6.91. The third kappa shape index (κ3) is 2.10. The van der Waals surface area contributed by atoms with Crippen LogP contribution in [0.4, 0.5) is 5.69 Å². The maximum absolute atomic E-state index is 12.4. The highest BCUT2D eigenvalue weighted by Gasteiger charge is 2.49. The molecule has 1 fully saturated rings. The van der Waals surface area contributed by atoms with Crippen molar-refractivity contribution in [3.8, 4) is 0 Å². The Balaban J connectivity index is 1.70. The number of amides is 2. The van der Waals surface area contributed by atoms with Crippen LogP contribution in [-0.4, -0.2) is 17.5 Å². The fourth-order valence-electron chi connectivity index (χ4n) is 3.89. The van der Waals surface area contributed by atoms with Gasteiger partial charge in [0.1, 0.15) is 0 Å². The van der Waals surface area contributed by atoms with E-state index in [1.165, 1.54) is 5.56 Å². The van der Waals surface area contributed by atoms with Crippen molar-refractivity contribution in [3.63, 3.8) is 0 Å². The van der Waals surface area contributed by atoms with Gasteiger partial charge < -0.3 is 5.32 Å². The number of nitrogens with one attached hydrogen (secondary N) is 2. The molecule has 0 radical (unpaired) electrons. The van der Waals surface area contributed by atoms with Crippen LogP contribution in [0.5, 0.6) is 0 Å². The summed E-state index contributed by atoms with van der Waals surface area (Å²) in [6.07, 6.45) is 3.33. The van der Waals surface area contributed by atoms with Gasteiger partial charge in [0.15, 0.2) is 0 Å². The van der Waals surface area contributed by atoms with Gasteiger partial charge in [-0.25, -0.2) is 5.43 Å². The van der Waals surface area contributed by atoms with Crippen LogP contribution in [0, 0.1) is 17.3 Å². The van der Waals surface area contributed by atoms with Crippen LogP contribution in [-0.2, 0) is 16.0 Å². The molecule has 23 heavy (non-hydrogen) atoms.